The minimum absolute atomic E-state index is 0.0811. The van der Waals surface area contributed by atoms with Crippen LogP contribution < -0.4 is 10.1 Å². The number of rotatable bonds is 6. The van der Waals surface area contributed by atoms with Gasteiger partial charge >= 0.3 is 6.18 Å². The van der Waals surface area contributed by atoms with Crippen LogP contribution >= 0.6 is 0 Å². The summed E-state index contributed by atoms with van der Waals surface area (Å²) in [6.45, 7) is 0. The number of alkyl halides is 3. The zero-order chi connectivity index (χ0) is 13.6. The van der Waals surface area contributed by atoms with Crippen LogP contribution in [0.15, 0.2) is 24.3 Å². The molecule has 0 bridgehead atoms. The van der Waals surface area contributed by atoms with E-state index in [9.17, 15) is 13.2 Å². The topological polar surface area (TPSA) is 21.3 Å². The maximum absolute atomic E-state index is 12.1. The molecule has 0 saturated heterocycles. The number of hydrogen-bond acceptors (Lipinski definition) is 2. The van der Waals surface area contributed by atoms with Crippen LogP contribution in [0, 0.1) is 0 Å². The monoisotopic (exact) mass is 261 g/mol. The molecule has 5 heteroatoms. The molecule has 0 aliphatic rings. The van der Waals surface area contributed by atoms with E-state index < -0.39 is 12.6 Å². The van der Waals surface area contributed by atoms with Gasteiger partial charge in [0.05, 0.1) is 7.11 Å². The van der Waals surface area contributed by atoms with Crippen molar-refractivity contribution in [2.45, 2.75) is 31.5 Å². The summed E-state index contributed by atoms with van der Waals surface area (Å²) in [4.78, 5) is 0. The van der Waals surface area contributed by atoms with Gasteiger partial charge in [-0.3, -0.25) is 0 Å². The molecule has 1 rings (SSSR count). The van der Waals surface area contributed by atoms with Gasteiger partial charge in [0.1, 0.15) is 5.75 Å². The highest BCUT2D eigenvalue weighted by atomic mass is 19.4. The third kappa shape index (κ3) is 4.96. The molecule has 1 N–H and O–H groups in total. The zero-order valence-electron chi connectivity index (χ0n) is 10.6. The van der Waals surface area contributed by atoms with Crippen molar-refractivity contribution in [3.63, 3.8) is 0 Å². The van der Waals surface area contributed by atoms with Crippen LogP contribution in [0.3, 0.4) is 0 Å². The van der Waals surface area contributed by atoms with Crippen molar-refractivity contribution >= 4 is 0 Å². The lowest BCUT2D eigenvalue weighted by Gasteiger charge is -2.17. The van der Waals surface area contributed by atoms with E-state index in [2.05, 4.69) is 5.32 Å². The fraction of sp³-hybridized carbons (Fsp3) is 0.538. The second kappa shape index (κ2) is 6.64. The van der Waals surface area contributed by atoms with Gasteiger partial charge in [-0.2, -0.15) is 13.2 Å². The Labute approximate surface area is 105 Å². The van der Waals surface area contributed by atoms with Gasteiger partial charge in [-0.15, -0.1) is 0 Å². The molecule has 1 unspecified atom stereocenters. The van der Waals surface area contributed by atoms with E-state index in [1.54, 1.807) is 14.2 Å². The van der Waals surface area contributed by atoms with Gasteiger partial charge in [-0.1, -0.05) is 12.1 Å². The van der Waals surface area contributed by atoms with E-state index in [-0.39, 0.29) is 12.5 Å². The Morgan fingerprint density at radius 1 is 1.33 bits per heavy atom. The maximum atomic E-state index is 12.1. The Morgan fingerprint density at radius 3 is 2.61 bits per heavy atom. The largest absolute Gasteiger partial charge is 0.497 e. The highest BCUT2D eigenvalue weighted by Crippen LogP contribution is 2.27. The van der Waals surface area contributed by atoms with E-state index in [4.69, 9.17) is 4.74 Å². The van der Waals surface area contributed by atoms with Crippen molar-refractivity contribution in [3.05, 3.63) is 29.8 Å². The summed E-state index contributed by atoms with van der Waals surface area (Å²) in [6.07, 6.45) is -4.25. The van der Waals surface area contributed by atoms with E-state index in [0.717, 1.165) is 5.56 Å². The van der Waals surface area contributed by atoms with Crippen LogP contribution in [0.25, 0.3) is 0 Å². The molecular weight excluding hydrogens is 243 g/mol. The number of halogens is 3. The lowest BCUT2D eigenvalue weighted by Crippen LogP contribution is -2.17. The van der Waals surface area contributed by atoms with E-state index in [0.29, 0.717) is 12.2 Å². The first kappa shape index (κ1) is 14.8. The lowest BCUT2D eigenvalue weighted by atomic mass is 10.0. The first-order valence-corrected chi connectivity index (χ1v) is 5.84. The van der Waals surface area contributed by atoms with Crippen LogP contribution in [0.5, 0.6) is 5.75 Å². The lowest BCUT2D eigenvalue weighted by molar-refractivity contribution is -0.135. The van der Waals surface area contributed by atoms with Crippen molar-refractivity contribution in [2.75, 3.05) is 14.2 Å². The van der Waals surface area contributed by atoms with Gasteiger partial charge in [-0.05, 0) is 37.6 Å². The first-order chi connectivity index (χ1) is 8.46. The number of nitrogens with one attached hydrogen (secondary N) is 1. The molecule has 0 aromatic heterocycles. The summed E-state index contributed by atoms with van der Waals surface area (Å²) in [5, 5.41) is 3.03. The molecule has 2 nitrogen and oxygen atoms in total. The van der Waals surface area contributed by atoms with Crippen molar-refractivity contribution < 1.29 is 17.9 Å². The van der Waals surface area contributed by atoms with E-state index in [1.165, 1.54) is 0 Å². The Bertz CT molecular complexity index is 365. The molecule has 1 aromatic rings. The van der Waals surface area contributed by atoms with Gasteiger partial charge in [0.15, 0.2) is 0 Å². The summed E-state index contributed by atoms with van der Waals surface area (Å²) in [5.74, 6) is 0.712. The standard InChI is InChI=1S/C13H18F3NO/c1-17-12(7-4-8-13(14,15)16)10-5-3-6-11(9-10)18-2/h3,5-6,9,12,17H,4,7-8H2,1-2H3. The van der Waals surface area contributed by atoms with Crippen molar-refractivity contribution in [1.29, 1.82) is 0 Å². The first-order valence-electron chi connectivity index (χ1n) is 5.84. The van der Waals surface area contributed by atoms with Crippen LogP contribution in [0.4, 0.5) is 13.2 Å². The molecule has 0 fully saturated rings. The average molecular weight is 261 g/mol. The molecule has 0 radical (unpaired) electrons. The smallest absolute Gasteiger partial charge is 0.389 e. The third-order valence-corrected chi connectivity index (χ3v) is 2.80. The van der Waals surface area contributed by atoms with Crippen LogP contribution in [0.1, 0.15) is 30.9 Å². The predicted octanol–water partition coefficient (Wildman–Crippen LogP) is 3.69. The third-order valence-electron chi connectivity index (χ3n) is 2.80. The number of hydrogen-bond donors (Lipinski definition) is 1. The summed E-state index contributed by atoms with van der Waals surface area (Å²) in [5.41, 5.74) is 0.944. The molecule has 0 heterocycles. The molecular formula is C13H18F3NO. The fourth-order valence-electron chi connectivity index (χ4n) is 1.84. The normalized spacial score (nSPS) is 13.4. The SMILES string of the molecule is CNC(CCCC(F)(F)F)c1cccc(OC)c1. The van der Waals surface area contributed by atoms with Crippen LogP contribution in [-0.2, 0) is 0 Å². The molecule has 1 atom stereocenters. The Kier molecular flexibility index (Phi) is 5.47. The van der Waals surface area contributed by atoms with Gasteiger partial charge in [0.25, 0.3) is 0 Å². The van der Waals surface area contributed by atoms with E-state index >= 15 is 0 Å². The quantitative estimate of drug-likeness (QED) is 0.843. The molecule has 102 valence electrons. The Balaban J connectivity index is 2.59. The predicted molar refractivity (Wildman–Crippen MR) is 64.7 cm³/mol. The summed E-state index contributed by atoms with van der Waals surface area (Å²) in [7, 11) is 3.31. The number of methoxy groups -OCH3 is 1. The van der Waals surface area contributed by atoms with Crippen molar-refractivity contribution in [2.24, 2.45) is 0 Å². The minimum atomic E-state index is -4.08. The summed E-state index contributed by atoms with van der Waals surface area (Å²) < 4.78 is 41.4. The van der Waals surface area contributed by atoms with Gasteiger partial charge in [-0.25, -0.2) is 0 Å². The van der Waals surface area contributed by atoms with Crippen LogP contribution in [-0.4, -0.2) is 20.3 Å². The van der Waals surface area contributed by atoms with Gasteiger partial charge in [0, 0.05) is 12.5 Å². The Hall–Kier alpha value is -1.23. The van der Waals surface area contributed by atoms with Crippen molar-refractivity contribution in [1.82, 2.24) is 5.32 Å². The second-order valence-corrected chi connectivity index (χ2v) is 4.13. The average Bonchev–Trinajstić information content (AvgIpc) is 2.33. The molecule has 0 amide bonds. The highest BCUT2D eigenvalue weighted by Gasteiger charge is 2.26. The minimum Gasteiger partial charge on any atom is -0.497 e. The molecule has 0 aliphatic carbocycles. The Morgan fingerprint density at radius 2 is 2.06 bits per heavy atom. The van der Waals surface area contributed by atoms with Gasteiger partial charge < -0.3 is 10.1 Å². The molecule has 0 spiro atoms. The van der Waals surface area contributed by atoms with Crippen molar-refractivity contribution in [3.8, 4) is 5.75 Å². The second-order valence-electron chi connectivity index (χ2n) is 4.13. The zero-order valence-corrected chi connectivity index (χ0v) is 10.6. The number of benzene rings is 1. The number of ether oxygens (including phenoxy) is 1. The molecule has 0 aliphatic heterocycles. The molecule has 1 aromatic carbocycles. The van der Waals surface area contributed by atoms with E-state index in [1.807, 2.05) is 24.3 Å². The summed E-state index contributed by atoms with van der Waals surface area (Å²) in [6, 6.07) is 7.29. The molecule has 18 heavy (non-hydrogen) atoms. The fourth-order valence-corrected chi connectivity index (χ4v) is 1.84. The maximum Gasteiger partial charge on any atom is 0.389 e. The van der Waals surface area contributed by atoms with Crippen LogP contribution in [0.2, 0.25) is 0 Å². The van der Waals surface area contributed by atoms with Gasteiger partial charge in [0.2, 0.25) is 0 Å². The molecule has 0 saturated carbocycles. The summed E-state index contributed by atoms with van der Waals surface area (Å²) >= 11 is 0. The highest BCUT2D eigenvalue weighted by molar-refractivity contribution is 5.30.